The number of hydrazine groups is 1. The zero-order valence-corrected chi connectivity index (χ0v) is 12.9. The Labute approximate surface area is 138 Å². The fourth-order valence-electron chi connectivity index (χ4n) is 2.52. The Balaban J connectivity index is 1.68. The highest BCUT2D eigenvalue weighted by molar-refractivity contribution is 6.30. The van der Waals surface area contributed by atoms with E-state index in [1.807, 2.05) is 6.07 Å². The molecule has 0 heterocycles. The molecule has 0 saturated heterocycles. The number of rotatable bonds is 3. The van der Waals surface area contributed by atoms with Crippen molar-refractivity contribution in [1.82, 2.24) is 10.9 Å². The third-order valence-electron chi connectivity index (χ3n) is 4.00. The minimum atomic E-state index is -0.642. The number of phenolic OH excluding ortho intramolecular Hbond substituents is 1. The van der Waals surface area contributed by atoms with Gasteiger partial charge in [0.2, 0.25) is 5.91 Å². The van der Waals surface area contributed by atoms with Crippen LogP contribution in [0, 0.1) is 0 Å². The highest BCUT2D eigenvalue weighted by atomic mass is 35.5. The molecule has 0 radical (unpaired) electrons. The summed E-state index contributed by atoms with van der Waals surface area (Å²) >= 11 is 5.98. The number of para-hydroxylation sites is 1. The van der Waals surface area contributed by atoms with E-state index in [1.54, 1.807) is 30.3 Å². The van der Waals surface area contributed by atoms with E-state index < -0.39 is 11.3 Å². The molecule has 0 unspecified atom stereocenters. The van der Waals surface area contributed by atoms with Gasteiger partial charge in [-0.2, -0.15) is 0 Å². The number of hydrogen-bond acceptors (Lipinski definition) is 3. The molecule has 3 N–H and O–H groups in total. The fourth-order valence-corrected chi connectivity index (χ4v) is 2.71. The number of halogens is 1. The average molecular weight is 331 g/mol. The first-order valence-corrected chi connectivity index (χ1v) is 7.55. The summed E-state index contributed by atoms with van der Waals surface area (Å²) in [6.45, 7) is 0. The lowest BCUT2D eigenvalue weighted by Gasteiger charge is -2.16. The number of hydrogen-bond donors (Lipinski definition) is 3. The van der Waals surface area contributed by atoms with Crippen LogP contribution in [0.2, 0.25) is 5.02 Å². The van der Waals surface area contributed by atoms with Gasteiger partial charge in [0.1, 0.15) is 5.75 Å². The quantitative estimate of drug-likeness (QED) is 0.757. The third kappa shape index (κ3) is 3.00. The molecule has 1 fully saturated rings. The van der Waals surface area contributed by atoms with Crippen molar-refractivity contribution in [3.05, 3.63) is 64.7 Å². The maximum absolute atomic E-state index is 12.4. The van der Waals surface area contributed by atoms with Crippen LogP contribution in [0.25, 0.3) is 0 Å². The van der Waals surface area contributed by atoms with E-state index in [2.05, 4.69) is 10.9 Å². The van der Waals surface area contributed by atoms with Gasteiger partial charge in [0, 0.05) is 5.02 Å². The van der Waals surface area contributed by atoms with Crippen LogP contribution in [0.4, 0.5) is 0 Å². The Kier molecular flexibility index (Phi) is 3.96. The summed E-state index contributed by atoms with van der Waals surface area (Å²) in [7, 11) is 0. The second-order valence-corrected chi connectivity index (χ2v) is 5.95. The average Bonchev–Trinajstić information content (AvgIpc) is 3.34. The highest BCUT2D eigenvalue weighted by Gasteiger charge is 2.51. The maximum Gasteiger partial charge on any atom is 0.273 e. The SMILES string of the molecule is O=C(NNC(=O)C1(c2cccc(Cl)c2)CC1)c1ccccc1O. The lowest BCUT2D eigenvalue weighted by Crippen LogP contribution is -2.46. The van der Waals surface area contributed by atoms with Gasteiger partial charge in [-0.1, -0.05) is 35.9 Å². The first kappa shape index (κ1) is 15.4. The highest BCUT2D eigenvalue weighted by Crippen LogP contribution is 2.48. The van der Waals surface area contributed by atoms with Crippen LogP contribution in [-0.2, 0) is 10.2 Å². The Hall–Kier alpha value is -2.53. The predicted octanol–water partition coefficient (Wildman–Crippen LogP) is 2.54. The van der Waals surface area contributed by atoms with Crippen LogP contribution < -0.4 is 10.9 Å². The standard InChI is InChI=1S/C17H15ClN2O3/c18-12-5-3-4-11(10-12)17(8-9-17)16(23)20-19-15(22)13-6-1-2-7-14(13)21/h1-7,10,21H,8-9H2,(H,19,22)(H,20,23). The molecule has 0 aliphatic heterocycles. The minimum Gasteiger partial charge on any atom is -0.507 e. The second kappa shape index (κ2) is 5.93. The molecule has 2 aromatic rings. The monoisotopic (exact) mass is 330 g/mol. The molecule has 1 aliphatic carbocycles. The van der Waals surface area contributed by atoms with Crippen LogP contribution in [-0.4, -0.2) is 16.9 Å². The molecule has 5 nitrogen and oxygen atoms in total. The third-order valence-corrected chi connectivity index (χ3v) is 4.24. The van der Waals surface area contributed by atoms with Crippen molar-refractivity contribution in [3.8, 4) is 5.75 Å². The zero-order valence-electron chi connectivity index (χ0n) is 12.2. The summed E-state index contributed by atoms with van der Waals surface area (Å²) in [5.41, 5.74) is 5.06. The van der Waals surface area contributed by atoms with E-state index in [-0.39, 0.29) is 17.2 Å². The molecule has 1 saturated carbocycles. The molecular formula is C17H15ClN2O3. The zero-order chi connectivity index (χ0) is 16.4. The van der Waals surface area contributed by atoms with E-state index in [9.17, 15) is 14.7 Å². The van der Waals surface area contributed by atoms with Gasteiger partial charge in [0.15, 0.2) is 0 Å². The van der Waals surface area contributed by atoms with Crippen LogP contribution >= 0.6 is 11.6 Å². The van der Waals surface area contributed by atoms with Crippen molar-refractivity contribution >= 4 is 23.4 Å². The van der Waals surface area contributed by atoms with Crippen molar-refractivity contribution < 1.29 is 14.7 Å². The molecule has 6 heteroatoms. The number of nitrogens with one attached hydrogen (secondary N) is 2. The van der Waals surface area contributed by atoms with E-state index in [4.69, 9.17) is 11.6 Å². The molecule has 0 bridgehead atoms. The van der Waals surface area contributed by atoms with Gasteiger partial charge in [-0.3, -0.25) is 20.4 Å². The molecule has 23 heavy (non-hydrogen) atoms. The van der Waals surface area contributed by atoms with Crippen molar-refractivity contribution in [2.75, 3.05) is 0 Å². The number of amides is 2. The number of benzene rings is 2. The topological polar surface area (TPSA) is 78.4 Å². The van der Waals surface area contributed by atoms with Crippen LogP contribution in [0.3, 0.4) is 0 Å². The maximum atomic E-state index is 12.4. The molecule has 0 atom stereocenters. The smallest absolute Gasteiger partial charge is 0.273 e. The molecule has 0 aromatic heterocycles. The summed E-state index contributed by atoms with van der Waals surface area (Å²) in [5.74, 6) is -1.00. The van der Waals surface area contributed by atoms with Crippen LogP contribution in [0.1, 0.15) is 28.8 Å². The molecule has 2 aromatic carbocycles. The number of carbonyl (C=O) groups is 2. The van der Waals surface area contributed by atoms with Crippen molar-refractivity contribution in [2.24, 2.45) is 0 Å². The number of phenols is 1. The van der Waals surface area contributed by atoms with Crippen LogP contribution in [0.5, 0.6) is 5.75 Å². The summed E-state index contributed by atoms with van der Waals surface area (Å²) in [5, 5.41) is 10.2. The first-order valence-electron chi connectivity index (χ1n) is 7.18. The molecule has 0 spiro atoms. The van der Waals surface area contributed by atoms with E-state index in [1.165, 1.54) is 12.1 Å². The summed E-state index contributed by atoms with van der Waals surface area (Å²) in [4.78, 5) is 24.4. The Morgan fingerprint density at radius 2 is 1.78 bits per heavy atom. The summed E-state index contributed by atoms with van der Waals surface area (Å²) in [6.07, 6.45) is 1.40. The van der Waals surface area contributed by atoms with Gasteiger partial charge in [-0.25, -0.2) is 0 Å². The predicted molar refractivity (Wildman–Crippen MR) is 86.1 cm³/mol. The van der Waals surface area contributed by atoms with Gasteiger partial charge >= 0.3 is 0 Å². The van der Waals surface area contributed by atoms with Crippen molar-refractivity contribution in [2.45, 2.75) is 18.3 Å². The van der Waals surface area contributed by atoms with Gasteiger partial charge < -0.3 is 5.11 Å². The van der Waals surface area contributed by atoms with Crippen molar-refractivity contribution in [1.29, 1.82) is 0 Å². The van der Waals surface area contributed by atoms with Gasteiger partial charge in [-0.05, 0) is 42.7 Å². The number of carbonyl (C=O) groups excluding carboxylic acids is 2. The van der Waals surface area contributed by atoms with Gasteiger partial charge in [0.05, 0.1) is 11.0 Å². The summed E-state index contributed by atoms with van der Waals surface area (Å²) < 4.78 is 0. The first-order chi connectivity index (χ1) is 11.0. The Morgan fingerprint density at radius 1 is 1.04 bits per heavy atom. The van der Waals surface area contributed by atoms with Gasteiger partial charge in [0.25, 0.3) is 5.91 Å². The normalized spacial score (nSPS) is 14.8. The van der Waals surface area contributed by atoms with Gasteiger partial charge in [-0.15, -0.1) is 0 Å². The Bertz CT molecular complexity index is 772. The molecular weight excluding hydrogens is 316 g/mol. The largest absolute Gasteiger partial charge is 0.507 e. The Morgan fingerprint density at radius 3 is 2.43 bits per heavy atom. The fraction of sp³-hybridized carbons (Fsp3) is 0.176. The molecule has 118 valence electrons. The molecule has 2 amide bonds. The molecule has 3 rings (SSSR count). The number of aromatic hydroxyl groups is 1. The van der Waals surface area contributed by atoms with Crippen LogP contribution in [0.15, 0.2) is 48.5 Å². The van der Waals surface area contributed by atoms with E-state index in [0.717, 1.165) is 5.56 Å². The molecule has 1 aliphatic rings. The summed E-state index contributed by atoms with van der Waals surface area (Å²) in [6, 6.07) is 13.3. The van der Waals surface area contributed by atoms with Crippen molar-refractivity contribution in [3.63, 3.8) is 0 Å². The lowest BCUT2D eigenvalue weighted by molar-refractivity contribution is -0.124. The van der Waals surface area contributed by atoms with E-state index in [0.29, 0.717) is 17.9 Å². The minimum absolute atomic E-state index is 0.0976. The lowest BCUT2D eigenvalue weighted by atomic mass is 9.95. The van der Waals surface area contributed by atoms with E-state index >= 15 is 0 Å². The second-order valence-electron chi connectivity index (χ2n) is 5.52.